The van der Waals surface area contributed by atoms with Gasteiger partial charge in [0, 0.05) is 26.2 Å². The van der Waals surface area contributed by atoms with E-state index in [0.717, 1.165) is 45.5 Å². The van der Waals surface area contributed by atoms with E-state index in [9.17, 15) is 4.79 Å². The summed E-state index contributed by atoms with van der Waals surface area (Å²) in [6.07, 6.45) is 4.55. The van der Waals surface area contributed by atoms with Gasteiger partial charge in [0.15, 0.2) is 0 Å². The Morgan fingerprint density at radius 2 is 2.15 bits per heavy atom. The van der Waals surface area contributed by atoms with Crippen molar-refractivity contribution in [3.8, 4) is 0 Å². The smallest absolute Gasteiger partial charge is 0.242 e. The number of carbonyl (C=O) groups excluding carboxylic acids is 1. The summed E-state index contributed by atoms with van der Waals surface area (Å²) in [5, 5.41) is 3.29. The molecule has 0 aliphatic carbocycles. The third-order valence-electron chi connectivity index (χ3n) is 4.09. The quantitative estimate of drug-likeness (QED) is 0.823. The predicted molar refractivity (Wildman–Crippen MR) is 77.7 cm³/mol. The maximum atomic E-state index is 12.7. The Balaban J connectivity index is 1.93. The maximum Gasteiger partial charge on any atom is 0.242 e. The lowest BCUT2D eigenvalue weighted by molar-refractivity contribution is -0.142. The lowest BCUT2D eigenvalue weighted by Crippen LogP contribution is -2.57. The van der Waals surface area contributed by atoms with Crippen LogP contribution in [0.5, 0.6) is 0 Å². The van der Waals surface area contributed by atoms with Gasteiger partial charge < -0.3 is 19.7 Å². The topological polar surface area (TPSA) is 50.8 Å². The summed E-state index contributed by atoms with van der Waals surface area (Å²) in [5.74, 6) is 0.160. The van der Waals surface area contributed by atoms with Gasteiger partial charge in [0.05, 0.1) is 18.8 Å². The fourth-order valence-corrected chi connectivity index (χ4v) is 2.96. The largest absolute Gasteiger partial charge is 0.376 e. The first kappa shape index (κ1) is 15.7. The van der Waals surface area contributed by atoms with Crippen LogP contribution in [0, 0.1) is 0 Å². The van der Waals surface area contributed by atoms with E-state index in [0.29, 0.717) is 6.61 Å². The first-order valence-corrected chi connectivity index (χ1v) is 7.97. The molecule has 2 rings (SSSR count). The molecule has 1 unspecified atom stereocenters. The van der Waals surface area contributed by atoms with Crippen LogP contribution in [0.3, 0.4) is 0 Å². The summed E-state index contributed by atoms with van der Waals surface area (Å²) in [6.45, 7) is 7.86. The Labute approximate surface area is 122 Å². The molecule has 1 N–H and O–H groups in total. The molecule has 0 spiro atoms. The molecular formula is C15H28N2O3. The van der Waals surface area contributed by atoms with Crippen LogP contribution in [-0.4, -0.2) is 61.9 Å². The third kappa shape index (κ3) is 4.17. The summed E-state index contributed by atoms with van der Waals surface area (Å²) < 4.78 is 11.4. The number of ether oxygens (including phenoxy) is 2. The number of nitrogens with one attached hydrogen (secondary N) is 1. The Bertz CT molecular complexity index is 305. The molecule has 20 heavy (non-hydrogen) atoms. The zero-order valence-corrected chi connectivity index (χ0v) is 12.8. The highest BCUT2D eigenvalue weighted by molar-refractivity contribution is 5.82. The van der Waals surface area contributed by atoms with Gasteiger partial charge >= 0.3 is 0 Å². The van der Waals surface area contributed by atoms with Crippen molar-refractivity contribution in [1.29, 1.82) is 0 Å². The highest BCUT2D eigenvalue weighted by Crippen LogP contribution is 2.16. The zero-order chi connectivity index (χ0) is 14.4. The highest BCUT2D eigenvalue weighted by atomic mass is 16.5. The minimum absolute atomic E-state index is 0.0529. The Kier molecular flexibility index (Phi) is 6.26. The van der Waals surface area contributed by atoms with Crippen LogP contribution in [0.4, 0.5) is 0 Å². The van der Waals surface area contributed by atoms with Gasteiger partial charge in [-0.15, -0.1) is 0 Å². The molecule has 2 fully saturated rings. The number of carbonyl (C=O) groups is 1. The first-order valence-electron chi connectivity index (χ1n) is 7.97. The first-order chi connectivity index (χ1) is 9.72. The molecule has 1 amide bonds. The van der Waals surface area contributed by atoms with E-state index in [1.54, 1.807) is 0 Å². The average Bonchev–Trinajstić information content (AvgIpc) is 2.48. The molecule has 0 saturated carbocycles. The maximum absolute atomic E-state index is 12.7. The van der Waals surface area contributed by atoms with Crippen molar-refractivity contribution in [2.45, 2.75) is 57.8 Å². The van der Waals surface area contributed by atoms with Crippen LogP contribution in [0.1, 0.15) is 39.5 Å². The van der Waals surface area contributed by atoms with Gasteiger partial charge in [-0.25, -0.2) is 0 Å². The lowest BCUT2D eigenvalue weighted by Gasteiger charge is -2.36. The van der Waals surface area contributed by atoms with Gasteiger partial charge in [0.25, 0.3) is 0 Å². The van der Waals surface area contributed by atoms with Crippen molar-refractivity contribution in [2.24, 2.45) is 0 Å². The number of nitrogens with zero attached hydrogens (tertiary/aromatic N) is 1. The molecule has 116 valence electrons. The molecule has 0 aromatic rings. The number of rotatable bonds is 5. The molecule has 0 radical (unpaired) electrons. The predicted octanol–water partition coefficient (Wildman–Crippen LogP) is 1.17. The number of amides is 1. The van der Waals surface area contributed by atoms with Gasteiger partial charge in [0.2, 0.25) is 5.91 Å². The molecule has 0 aromatic heterocycles. The second-order valence-corrected chi connectivity index (χ2v) is 5.78. The van der Waals surface area contributed by atoms with Gasteiger partial charge in [-0.2, -0.15) is 0 Å². The van der Waals surface area contributed by atoms with Crippen molar-refractivity contribution < 1.29 is 14.3 Å². The van der Waals surface area contributed by atoms with E-state index < -0.39 is 0 Å². The van der Waals surface area contributed by atoms with Crippen LogP contribution in [0.15, 0.2) is 0 Å². The van der Waals surface area contributed by atoms with E-state index in [-0.39, 0.29) is 24.2 Å². The fourth-order valence-electron chi connectivity index (χ4n) is 2.96. The van der Waals surface area contributed by atoms with Crippen LogP contribution in [0.2, 0.25) is 0 Å². The monoisotopic (exact) mass is 284 g/mol. The molecule has 5 nitrogen and oxygen atoms in total. The third-order valence-corrected chi connectivity index (χ3v) is 4.09. The SMILES string of the molecule is CCCN(CC1CCCCO1)C(=O)[C@H]1NCCO[C@@H]1C. The van der Waals surface area contributed by atoms with Crippen molar-refractivity contribution in [3.63, 3.8) is 0 Å². The van der Waals surface area contributed by atoms with E-state index in [2.05, 4.69) is 12.2 Å². The molecule has 0 aromatic carbocycles. The van der Waals surface area contributed by atoms with Gasteiger partial charge in [0.1, 0.15) is 6.04 Å². The molecule has 2 saturated heterocycles. The summed E-state index contributed by atoms with van der Waals surface area (Å²) in [4.78, 5) is 14.7. The van der Waals surface area contributed by atoms with E-state index >= 15 is 0 Å². The van der Waals surface area contributed by atoms with Crippen molar-refractivity contribution in [1.82, 2.24) is 10.2 Å². The number of morpholine rings is 1. The average molecular weight is 284 g/mol. The molecule has 0 bridgehead atoms. The molecule has 2 aliphatic heterocycles. The summed E-state index contributed by atoms with van der Waals surface area (Å²) in [6, 6.07) is -0.209. The van der Waals surface area contributed by atoms with Gasteiger partial charge in [-0.05, 0) is 32.6 Å². The van der Waals surface area contributed by atoms with Crippen molar-refractivity contribution in [2.75, 3.05) is 32.8 Å². The second-order valence-electron chi connectivity index (χ2n) is 5.78. The summed E-state index contributed by atoms with van der Waals surface area (Å²) in [5.41, 5.74) is 0. The molecule has 3 atom stereocenters. The van der Waals surface area contributed by atoms with E-state index in [4.69, 9.17) is 9.47 Å². The molecule has 2 heterocycles. The Hall–Kier alpha value is -0.650. The van der Waals surface area contributed by atoms with E-state index in [1.165, 1.54) is 6.42 Å². The van der Waals surface area contributed by atoms with Crippen LogP contribution in [0.25, 0.3) is 0 Å². The van der Waals surface area contributed by atoms with E-state index in [1.807, 2.05) is 11.8 Å². The highest BCUT2D eigenvalue weighted by Gasteiger charge is 2.32. The lowest BCUT2D eigenvalue weighted by atomic mass is 10.1. The van der Waals surface area contributed by atoms with Crippen molar-refractivity contribution >= 4 is 5.91 Å². The zero-order valence-electron chi connectivity index (χ0n) is 12.8. The molecular weight excluding hydrogens is 256 g/mol. The number of hydrogen-bond donors (Lipinski definition) is 1. The minimum Gasteiger partial charge on any atom is -0.376 e. The van der Waals surface area contributed by atoms with Crippen LogP contribution < -0.4 is 5.32 Å². The normalized spacial score (nSPS) is 31.0. The Morgan fingerprint density at radius 1 is 1.30 bits per heavy atom. The second kappa shape index (κ2) is 7.96. The summed E-state index contributed by atoms with van der Waals surface area (Å²) >= 11 is 0. The number of hydrogen-bond acceptors (Lipinski definition) is 4. The molecule has 5 heteroatoms. The minimum atomic E-state index is -0.209. The van der Waals surface area contributed by atoms with Crippen LogP contribution in [-0.2, 0) is 14.3 Å². The fraction of sp³-hybridized carbons (Fsp3) is 0.933. The summed E-state index contributed by atoms with van der Waals surface area (Å²) in [7, 11) is 0. The van der Waals surface area contributed by atoms with Crippen molar-refractivity contribution in [3.05, 3.63) is 0 Å². The standard InChI is InChI=1S/C15H28N2O3/c1-3-8-17(11-13-6-4-5-9-20-13)15(18)14-12(2)19-10-7-16-14/h12-14,16H,3-11H2,1-2H3/t12-,13?,14+/m1/s1. The van der Waals surface area contributed by atoms with Crippen LogP contribution >= 0.6 is 0 Å². The van der Waals surface area contributed by atoms with Gasteiger partial charge in [-0.3, -0.25) is 4.79 Å². The molecule has 2 aliphatic rings. The Morgan fingerprint density at radius 3 is 2.80 bits per heavy atom. The van der Waals surface area contributed by atoms with Gasteiger partial charge in [-0.1, -0.05) is 6.92 Å².